The number of carbonyl (C=O) groups excluding carboxylic acids is 1. The Balaban J connectivity index is 1.86. The second-order valence-corrected chi connectivity index (χ2v) is 4.79. The van der Waals surface area contributed by atoms with Crippen molar-refractivity contribution in [1.82, 2.24) is 25.0 Å². The minimum atomic E-state index is -4.67. The molecule has 3 rings (SSSR count). The smallest absolute Gasteiger partial charge is 0.291 e. The van der Waals surface area contributed by atoms with Gasteiger partial charge in [-0.3, -0.25) is 19.9 Å². The normalized spacial score (nSPS) is 12.8. The van der Waals surface area contributed by atoms with Crippen LogP contribution in [0.25, 0.3) is 0 Å². The van der Waals surface area contributed by atoms with Crippen LogP contribution in [0.5, 0.6) is 0 Å². The third-order valence-electron chi connectivity index (χ3n) is 3.14. The van der Waals surface area contributed by atoms with Gasteiger partial charge in [0.2, 0.25) is 11.8 Å². The Morgan fingerprint density at radius 1 is 1.21 bits per heavy atom. The molecule has 1 amide bonds. The number of halogens is 3. The van der Waals surface area contributed by atoms with Crippen molar-refractivity contribution in [2.75, 3.05) is 5.32 Å². The number of H-pyrrole nitrogens is 1. The van der Waals surface area contributed by atoms with E-state index in [9.17, 15) is 18.0 Å². The van der Waals surface area contributed by atoms with E-state index in [4.69, 9.17) is 0 Å². The fourth-order valence-electron chi connectivity index (χ4n) is 2.12. The Labute approximate surface area is 133 Å². The summed E-state index contributed by atoms with van der Waals surface area (Å²) in [6, 6.07) is 9.47. The molecule has 1 aromatic carbocycles. The number of anilines is 1. The predicted octanol–water partition coefficient (Wildman–Crippen LogP) is 2.25. The van der Waals surface area contributed by atoms with Crippen LogP contribution in [0.2, 0.25) is 0 Å². The number of alkyl halides is 3. The molecule has 24 heavy (non-hydrogen) atoms. The van der Waals surface area contributed by atoms with E-state index in [2.05, 4.69) is 20.5 Å². The number of rotatable bonds is 4. The van der Waals surface area contributed by atoms with Crippen molar-refractivity contribution < 1.29 is 18.0 Å². The van der Waals surface area contributed by atoms with Gasteiger partial charge in [0.1, 0.15) is 0 Å². The number of nitrogens with zero attached hydrogens (tertiary/aromatic N) is 4. The number of aromatic amines is 1. The molecule has 2 N–H and O–H groups in total. The highest BCUT2D eigenvalue weighted by molar-refractivity contribution is 5.94. The lowest BCUT2D eigenvalue weighted by Gasteiger charge is -2.16. The highest BCUT2D eigenvalue weighted by atomic mass is 19.4. The molecule has 1 atom stereocenters. The molecular weight excluding hydrogens is 325 g/mol. The maximum absolute atomic E-state index is 12.5. The maximum atomic E-state index is 12.5. The van der Waals surface area contributed by atoms with E-state index >= 15 is 0 Å². The van der Waals surface area contributed by atoms with Crippen molar-refractivity contribution in [3.8, 4) is 0 Å². The molecule has 2 heterocycles. The summed E-state index contributed by atoms with van der Waals surface area (Å²) in [7, 11) is 0. The molecule has 3 aromatic rings. The fourth-order valence-corrected chi connectivity index (χ4v) is 2.12. The number of amides is 1. The minimum absolute atomic E-state index is 0.458. The van der Waals surface area contributed by atoms with E-state index in [0.29, 0.717) is 5.56 Å². The van der Waals surface area contributed by atoms with Gasteiger partial charge in [0.15, 0.2) is 6.04 Å². The van der Waals surface area contributed by atoms with Crippen molar-refractivity contribution in [3.63, 3.8) is 0 Å². The lowest BCUT2D eigenvalue weighted by Crippen LogP contribution is -2.27. The monoisotopic (exact) mass is 336 g/mol. The first kappa shape index (κ1) is 15.7. The summed E-state index contributed by atoms with van der Waals surface area (Å²) in [5.41, 5.74) is 0.616. The average molecular weight is 336 g/mol. The summed E-state index contributed by atoms with van der Waals surface area (Å²) in [6.07, 6.45) is -1.59. The molecule has 0 aliphatic rings. The maximum Gasteiger partial charge on any atom is 0.451 e. The number of aromatic nitrogens is 5. The van der Waals surface area contributed by atoms with Crippen molar-refractivity contribution in [2.24, 2.45) is 0 Å². The van der Waals surface area contributed by atoms with Gasteiger partial charge in [0, 0.05) is 12.4 Å². The van der Waals surface area contributed by atoms with Gasteiger partial charge in [-0.15, -0.1) is 5.10 Å². The summed E-state index contributed by atoms with van der Waals surface area (Å²) < 4.78 is 39.0. The van der Waals surface area contributed by atoms with Crippen LogP contribution in [0.1, 0.15) is 17.4 Å². The molecule has 2 aromatic heterocycles. The molecule has 0 spiro atoms. The Bertz CT molecular complexity index is 813. The third kappa shape index (κ3) is 3.26. The Kier molecular flexibility index (Phi) is 4.02. The summed E-state index contributed by atoms with van der Waals surface area (Å²) in [6.45, 7) is 0. The third-order valence-corrected chi connectivity index (χ3v) is 3.14. The quantitative estimate of drug-likeness (QED) is 0.765. The zero-order valence-electron chi connectivity index (χ0n) is 12.0. The number of hydrogen-bond donors (Lipinski definition) is 2. The van der Waals surface area contributed by atoms with Crippen LogP contribution in [-0.2, 0) is 11.0 Å². The molecule has 0 aliphatic heterocycles. The summed E-state index contributed by atoms with van der Waals surface area (Å²) in [4.78, 5) is 15.7. The molecule has 0 saturated heterocycles. The number of hydrogen-bond acceptors (Lipinski definition) is 4. The standard InChI is InChI=1S/C14H11F3N6O/c15-14(16,17)12-20-13(22-21-12)19-11(24)10(23-8-4-7-18-23)9-5-2-1-3-6-9/h1-8,10H,(H2,19,20,21,22,24). The largest absolute Gasteiger partial charge is 0.451 e. The Morgan fingerprint density at radius 2 is 1.96 bits per heavy atom. The van der Waals surface area contributed by atoms with Crippen LogP contribution < -0.4 is 5.32 Å². The minimum Gasteiger partial charge on any atom is -0.291 e. The van der Waals surface area contributed by atoms with E-state index in [1.54, 1.807) is 47.7 Å². The van der Waals surface area contributed by atoms with Gasteiger partial charge in [-0.05, 0) is 11.6 Å². The fraction of sp³-hybridized carbons (Fsp3) is 0.143. The van der Waals surface area contributed by atoms with Gasteiger partial charge in [-0.2, -0.15) is 23.3 Å². The number of nitrogens with one attached hydrogen (secondary N) is 2. The highest BCUT2D eigenvalue weighted by Crippen LogP contribution is 2.26. The van der Waals surface area contributed by atoms with Gasteiger partial charge >= 0.3 is 6.18 Å². The van der Waals surface area contributed by atoms with Crippen molar-refractivity contribution in [1.29, 1.82) is 0 Å². The van der Waals surface area contributed by atoms with Gasteiger partial charge in [0.05, 0.1) is 0 Å². The lowest BCUT2D eigenvalue weighted by atomic mass is 10.1. The molecular formula is C14H11F3N6O. The van der Waals surface area contributed by atoms with E-state index in [1.807, 2.05) is 0 Å². The van der Waals surface area contributed by atoms with Crippen LogP contribution in [0.4, 0.5) is 19.1 Å². The van der Waals surface area contributed by atoms with Crippen LogP contribution in [-0.4, -0.2) is 30.9 Å². The van der Waals surface area contributed by atoms with Crippen molar-refractivity contribution in [3.05, 3.63) is 60.2 Å². The molecule has 0 fully saturated rings. The molecule has 0 radical (unpaired) electrons. The zero-order chi connectivity index (χ0) is 17.2. The van der Waals surface area contributed by atoms with Gasteiger partial charge in [0.25, 0.3) is 5.91 Å². The van der Waals surface area contributed by atoms with Crippen molar-refractivity contribution >= 4 is 11.9 Å². The SMILES string of the molecule is O=C(Nc1n[nH]c(C(F)(F)F)n1)C(c1ccccc1)n1cccn1. The second-order valence-electron chi connectivity index (χ2n) is 4.79. The molecule has 1 unspecified atom stereocenters. The van der Waals surface area contributed by atoms with Gasteiger partial charge in [-0.25, -0.2) is 0 Å². The zero-order valence-corrected chi connectivity index (χ0v) is 12.0. The topological polar surface area (TPSA) is 88.5 Å². The van der Waals surface area contributed by atoms with Crippen molar-refractivity contribution in [2.45, 2.75) is 12.2 Å². The van der Waals surface area contributed by atoms with E-state index in [0.717, 1.165) is 0 Å². The van der Waals surface area contributed by atoms with E-state index in [1.165, 1.54) is 10.9 Å². The highest BCUT2D eigenvalue weighted by Gasteiger charge is 2.35. The Hall–Kier alpha value is -3.17. The molecule has 0 aliphatic carbocycles. The Morgan fingerprint density at radius 3 is 2.54 bits per heavy atom. The van der Waals surface area contributed by atoms with E-state index < -0.39 is 29.9 Å². The molecule has 7 nitrogen and oxygen atoms in total. The van der Waals surface area contributed by atoms with Gasteiger partial charge < -0.3 is 0 Å². The molecule has 0 bridgehead atoms. The number of carbonyl (C=O) groups is 1. The average Bonchev–Trinajstić information content (AvgIpc) is 3.20. The molecule has 124 valence electrons. The first-order valence-corrected chi connectivity index (χ1v) is 6.79. The van der Waals surface area contributed by atoms with Crippen LogP contribution in [0.3, 0.4) is 0 Å². The summed E-state index contributed by atoms with van der Waals surface area (Å²) in [5.74, 6) is -2.36. The van der Waals surface area contributed by atoms with Gasteiger partial charge in [-0.1, -0.05) is 30.3 Å². The lowest BCUT2D eigenvalue weighted by molar-refractivity contribution is -0.144. The van der Waals surface area contributed by atoms with E-state index in [-0.39, 0.29) is 0 Å². The molecule has 0 saturated carbocycles. The van der Waals surface area contributed by atoms with Crippen LogP contribution in [0, 0.1) is 0 Å². The van der Waals surface area contributed by atoms with Crippen LogP contribution in [0.15, 0.2) is 48.8 Å². The second kappa shape index (κ2) is 6.14. The van der Waals surface area contributed by atoms with Crippen LogP contribution >= 0.6 is 0 Å². The molecule has 10 heteroatoms. The predicted molar refractivity (Wildman–Crippen MR) is 76.8 cm³/mol. The summed E-state index contributed by atoms with van der Waals surface area (Å²) >= 11 is 0. The first-order valence-electron chi connectivity index (χ1n) is 6.79. The first-order chi connectivity index (χ1) is 11.4. The number of benzene rings is 1. The summed E-state index contributed by atoms with van der Waals surface area (Å²) in [5, 5.41) is 11.4.